The van der Waals surface area contributed by atoms with Gasteiger partial charge in [0.15, 0.2) is 0 Å². The Hall–Kier alpha value is -7.00. The van der Waals surface area contributed by atoms with Crippen molar-refractivity contribution in [3.8, 4) is 45.3 Å². The molecule has 1 aliphatic rings. The fourth-order valence-electron chi connectivity index (χ4n) is 5.44. The Bertz CT molecular complexity index is 1920. The van der Waals surface area contributed by atoms with E-state index in [1.54, 1.807) is 36.7 Å². The number of aliphatic carboxylic acids is 2. The highest BCUT2D eigenvalue weighted by Gasteiger charge is 2.39. The average Bonchev–Trinajstić information content (AvgIpc) is 3.46. The standard InChI is InChI=1S/C33H34N4O8.2C2HF3O2/c1-42-24-14-22(15-25(43-2)30(24)32(38)39)20-6-8-28(34-18-20)36-10-5-11-37(13-12-36)29-9-7-21(19-35-29)23-16-26(44-3)31(33(40)41)27(17-23)45-4;2*3-2(4,5)1(6)7/h6-9,14-19H,5,10-13H2,1-4H3,(H,38,39)(H,40,41);2*(H,6,7). The first kappa shape index (κ1) is 46.4. The van der Waals surface area contributed by atoms with Crippen LogP contribution in [0.25, 0.3) is 22.3 Å². The fourth-order valence-corrected chi connectivity index (χ4v) is 5.44. The number of pyridine rings is 2. The molecule has 0 amide bonds. The molecule has 5 rings (SSSR count). The zero-order valence-electron chi connectivity index (χ0n) is 31.4. The Morgan fingerprint density at radius 3 is 1.02 bits per heavy atom. The Morgan fingerprint density at radius 2 is 0.814 bits per heavy atom. The Morgan fingerprint density at radius 1 is 0.525 bits per heavy atom. The number of alkyl halides is 6. The molecule has 0 unspecified atom stereocenters. The summed E-state index contributed by atoms with van der Waals surface area (Å²) in [6, 6.07) is 14.5. The molecule has 318 valence electrons. The smallest absolute Gasteiger partial charge is 0.490 e. The Balaban J connectivity index is 0.000000569. The van der Waals surface area contributed by atoms with Gasteiger partial charge in [-0.15, -0.1) is 0 Å². The molecular formula is C37H36F6N4O12. The summed E-state index contributed by atoms with van der Waals surface area (Å²) in [7, 11) is 5.70. The number of carbonyl (C=O) groups is 4. The number of carboxylic acid groups (broad SMARTS) is 4. The first-order valence-electron chi connectivity index (χ1n) is 16.7. The number of hydrogen-bond donors (Lipinski definition) is 4. The SMILES string of the molecule is COc1cc(-c2ccc(N3CCCN(c4ccc(-c5cc(OC)c(C(=O)O)c(OC)c5)cn4)CC3)nc2)cc(OC)c1C(=O)O.O=C(O)C(F)(F)F.O=C(O)C(F)(F)F. The second-order valence-electron chi connectivity index (χ2n) is 11.9. The molecule has 1 fully saturated rings. The molecule has 0 spiro atoms. The van der Waals surface area contributed by atoms with Crippen LogP contribution in [-0.4, -0.2) is 121 Å². The molecule has 0 radical (unpaired) electrons. The lowest BCUT2D eigenvalue weighted by molar-refractivity contribution is -0.193. The molecule has 0 atom stereocenters. The summed E-state index contributed by atoms with van der Waals surface area (Å²) in [5.41, 5.74) is 3.03. The van der Waals surface area contributed by atoms with E-state index in [1.165, 1.54) is 28.4 Å². The topological polar surface area (TPSA) is 218 Å². The average molecular weight is 843 g/mol. The van der Waals surface area contributed by atoms with Gasteiger partial charge in [0.05, 0.1) is 28.4 Å². The second kappa shape index (κ2) is 19.9. The van der Waals surface area contributed by atoms with Crippen LogP contribution in [-0.2, 0) is 9.59 Å². The molecule has 3 heterocycles. The quantitative estimate of drug-likeness (QED) is 0.130. The number of aromatic nitrogens is 2. The van der Waals surface area contributed by atoms with Gasteiger partial charge in [0, 0.05) is 49.7 Å². The van der Waals surface area contributed by atoms with E-state index in [2.05, 4.69) is 9.80 Å². The highest BCUT2D eigenvalue weighted by atomic mass is 19.4. The molecule has 4 N–H and O–H groups in total. The van der Waals surface area contributed by atoms with Gasteiger partial charge in [-0.1, -0.05) is 0 Å². The van der Waals surface area contributed by atoms with Gasteiger partial charge < -0.3 is 49.2 Å². The monoisotopic (exact) mass is 842 g/mol. The van der Waals surface area contributed by atoms with Gasteiger partial charge in [-0.25, -0.2) is 29.1 Å². The van der Waals surface area contributed by atoms with Gasteiger partial charge in [-0.05, 0) is 66.1 Å². The molecule has 1 saturated heterocycles. The van der Waals surface area contributed by atoms with E-state index in [0.717, 1.165) is 66.5 Å². The summed E-state index contributed by atoms with van der Waals surface area (Å²) in [4.78, 5) is 55.1. The zero-order valence-corrected chi connectivity index (χ0v) is 31.4. The lowest BCUT2D eigenvalue weighted by Gasteiger charge is -2.24. The number of rotatable bonds is 10. The van der Waals surface area contributed by atoms with Crippen molar-refractivity contribution in [3.05, 3.63) is 72.1 Å². The number of anilines is 2. The van der Waals surface area contributed by atoms with Crippen LogP contribution in [0.1, 0.15) is 27.1 Å². The summed E-state index contributed by atoms with van der Waals surface area (Å²) in [5.74, 6) is -5.22. The van der Waals surface area contributed by atoms with Crippen LogP contribution in [0.4, 0.5) is 38.0 Å². The third-order valence-corrected chi connectivity index (χ3v) is 8.23. The first-order chi connectivity index (χ1) is 27.7. The van der Waals surface area contributed by atoms with Crippen LogP contribution in [0.15, 0.2) is 60.9 Å². The maximum atomic E-state index is 11.7. The normalized spacial score (nSPS) is 12.7. The largest absolute Gasteiger partial charge is 0.496 e. The minimum Gasteiger partial charge on any atom is -0.496 e. The summed E-state index contributed by atoms with van der Waals surface area (Å²) < 4.78 is 84.8. The fraction of sp³-hybridized carbons (Fsp3) is 0.297. The summed E-state index contributed by atoms with van der Waals surface area (Å²) >= 11 is 0. The third-order valence-electron chi connectivity index (χ3n) is 8.23. The minimum atomic E-state index is -5.08. The predicted molar refractivity (Wildman–Crippen MR) is 196 cm³/mol. The molecule has 16 nitrogen and oxygen atoms in total. The van der Waals surface area contributed by atoms with Gasteiger partial charge >= 0.3 is 36.2 Å². The number of carboxylic acids is 4. The van der Waals surface area contributed by atoms with E-state index >= 15 is 0 Å². The van der Waals surface area contributed by atoms with Gasteiger partial charge in [-0.2, -0.15) is 26.3 Å². The number of methoxy groups -OCH3 is 4. The number of benzene rings is 2. The molecule has 1 aliphatic heterocycles. The molecule has 0 aliphatic carbocycles. The lowest BCUT2D eigenvalue weighted by atomic mass is 10.0. The number of aromatic carboxylic acids is 2. The molecule has 0 saturated carbocycles. The molecule has 4 aromatic rings. The van der Waals surface area contributed by atoms with Gasteiger partial charge in [0.1, 0.15) is 45.8 Å². The van der Waals surface area contributed by atoms with Gasteiger partial charge in [-0.3, -0.25) is 0 Å². The lowest BCUT2D eigenvalue weighted by Crippen LogP contribution is -2.31. The highest BCUT2D eigenvalue weighted by Crippen LogP contribution is 2.37. The Labute approximate surface area is 330 Å². The van der Waals surface area contributed by atoms with E-state index in [9.17, 15) is 46.1 Å². The van der Waals surface area contributed by atoms with Crippen LogP contribution in [0.2, 0.25) is 0 Å². The van der Waals surface area contributed by atoms with Crippen LogP contribution < -0.4 is 28.7 Å². The zero-order chi connectivity index (χ0) is 44.2. The molecule has 59 heavy (non-hydrogen) atoms. The number of hydrogen-bond acceptors (Lipinski definition) is 12. The van der Waals surface area contributed by atoms with Crippen LogP contribution in [0.3, 0.4) is 0 Å². The second-order valence-corrected chi connectivity index (χ2v) is 11.9. The van der Waals surface area contributed by atoms with Crippen molar-refractivity contribution in [2.75, 3.05) is 64.4 Å². The maximum Gasteiger partial charge on any atom is 0.490 e. The van der Waals surface area contributed by atoms with Crippen LogP contribution in [0, 0.1) is 0 Å². The highest BCUT2D eigenvalue weighted by molar-refractivity contribution is 5.96. The van der Waals surface area contributed by atoms with E-state index in [-0.39, 0.29) is 34.1 Å². The van der Waals surface area contributed by atoms with Crippen molar-refractivity contribution in [2.45, 2.75) is 18.8 Å². The van der Waals surface area contributed by atoms with E-state index < -0.39 is 36.2 Å². The first-order valence-corrected chi connectivity index (χ1v) is 16.7. The van der Waals surface area contributed by atoms with Crippen LogP contribution in [0.5, 0.6) is 23.0 Å². The molecule has 0 bridgehead atoms. The predicted octanol–water partition coefficient (Wildman–Crippen LogP) is 6.22. The number of ether oxygens (including phenoxy) is 4. The van der Waals surface area contributed by atoms with E-state index in [0.29, 0.717) is 0 Å². The van der Waals surface area contributed by atoms with Crippen molar-refractivity contribution < 1.29 is 84.9 Å². The summed E-state index contributed by atoms with van der Waals surface area (Å²) in [6.07, 6.45) is -5.73. The van der Waals surface area contributed by atoms with Crippen molar-refractivity contribution in [1.82, 2.24) is 9.97 Å². The van der Waals surface area contributed by atoms with Gasteiger partial charge in [0.2, 0.25) is 0 Å². The molecule has 2 aromatic heterocycles. The number of nitrogens with zero attached hydrogens (tertiary/aromatic N) is 4. The number of halogens is 6. The molecule has 2 aromatic carbocycles. The maximum absolute atomic E-state index is 11.7. The Kier molecular flexibility index (Phi) is 15.7. The summed E-state index contributed by atoms with van der Waals surface area (Å²) in [6.45, 7) is 3.14. The van der Waals surface area contributed by atoms with Crippen molar-refractivity contribution in [3.63, 3.8) is 0 Å². The molecular weight excluding hydrogens is 806 g/mol. The molecule has 22 heteroatoms. The van der Waals surface area contributed by atoms with E-state index in [4.69, 9.17) is 48.7 Å². The van der Waals surface area contributed by atoms with Crippen LogP contribution >= 0.6 is 0 Å². The summed E-state index contributed by atoms with van der Waals surface area (Å²) in [5, 5.41) is 33.4. The van der Waals surface area contributed by atoms with E-state index in [1.807, 2.05) is 24.3 Å². The minimum absolute atomic E-state index is 0.0264. The van der Waals surface area contributed by atoms with Gasteiger partial charge in [0.25, 0.3) is 0 Å². The van der Waals surface area contributed by atoms with Crippen molar-refractivity contribution >= 4 is 35.5 Å². The van der Waals surface area contributed by atoms with Crippen molar-refractivity contribution in [1.29, 1.82) is 0 Å². The van der Waals surface area contributed by atoms with Crippen molar-refractivity contribution in [2.24, 2.45) is 0 Å². The third kappa shape index (κ3) is 12.2.